The maximum Gasteiger partial charge on any atom is 0.317 e. The molecule has 0 aliphatic carbocycles. The number of Topliss-reactive ketones (excluding diaryl/α,β-unsaturated/α-hetero) is 1. The van der Waals surface area contributed by atoms with E-state index in [2.05, 4.69) is 4.74 Å². The molecule has 1 aliphatic rings. The molecule has 1 aliphatic heterocycles. The molecule has 1 aromatic rings. The Labute approximate surface area is 99.3 Å². The number of hydrogen-bond acceptors (Lipinski definition) is 5. The number of furan rings is 1. The second kappa shape index (κ2) is 5.14. The summed E-state index contributed by atoms with van der Waals surface area (Å²) in [5.41, 5.74) is 0. The summed E-state index contributed by atoms with van der Waals surface area (Å²) in [6.45, 7) is 1.69. The van der Waals surface area contributed by atoms with Crippen LogP contribution >= 0.6 is 0 Å². The molecule has 5 nitrogen and oxygen atoms in total. The molecule has 92 valence electrons. The van der Waals surface area contributed by atoms with E-state index in [4.69, 9.17) is 4.42 Å². The number of ether oxygens (including phenoxy) is 1. The van der Waals surface area contributed by atoms with Crippen molar-refractivity contribution in [3.8, 4) is 0 Å². The van der Waals surface area contributed by atoms with Gasteiger partial charge in [-0.15, -0.1) is 0 Å². The van der Waals surface area contributed by atoms with Gasteiger partial charge in [0.05, 0.1) is 19.9 Å². The van der Waals surface area contributed by atoms with Gasteiger partial charge in [0.25, 0.3) is 0 Å². The third-order valence-corrected chi connectivity index (χ3v) is 2.95. The van der Waals surface area contributed by atoms with Crippen LogP contribution in [-0.2, 0) is 20.9 Å². The minimum absolute atomic E-state index is 0.0347. The summed E-state index contributed by atoms with van der Waals surface area (Å²) in [7, 11) is 1.31. The summed E-state index contributed by atoms with van der Waals surface area (Å²) in [6, 6.07) is 3.70. The van der Waals surface area contributed by atoms with Crippen LogP contribution in [0.3, 0.4) is 0 Å². The third kappa shape index (κ3) is 2.74. The van der Waals surface area contributed by atoms with Gasteiger partial charge < -0.3 is 9.15 Å². The molecule has 0 unspecified atom stereocenters. The molecule has 0 spiro atoms. The van der Waals surface area contributed by atoms with Gasteiger partial charge in [-0.05, 0) is 12.1 Å². The first-order valence-corrected chi connectivity index (χ1v) is 5.56. The van der Waals surface area contributed by atoms with Crippen LogP contribution in [0, 0.1) is 5.92 Å². The Balaban J connectivity index is 1.98. The summed E-state index contributed by atoms with van der Waals surface area (Å²) < 4.78 is 9.88. The van der Waals surface area contributed by atoms with Gasteiger partial charge >= 0.3 is 5.97 Å². The Morgan fingerprint density at radius 2 is 2.47 bits per heavy atom. The molecule has 1 atom stereocenters. The normalized spacial score (nSPS) is 21.5. The van der Waals surface area contributed by atoms with Gasteiger partial charge in [-0.2, -0.15) is 0 Å². The van der Waals surface area contributed by atoms with E-state index in [0.717, 1.165) is 5.76 Å². The van der Waals surface area contributed by atoms with Crippen LogP contribution in [0.5, 0.6) is 0 Å². The molecular formula is C12H15NO4. The molecule has 0 bridgehead atoms. The number of nitrogens with zero attached hydrogens (tertiary/aromatic N) is 1. The Kier molecular flexibility index (Phi) is 3.58. The molecule has 17 heavy (non-hydrogen) atoms. The largest absolute Gasteiger partial charge is 0.468 e. The standard InChI is InChI=1S/C12H15NO4/c1-16-12(15)10-8-13(5-4-11(10)14)7-9-3-2-6-17-9/h2-3,6,10H,4-5,7-8H2,1H3/t10-/m1/s1. The number of rotatable bonds is 3. The van der Waals surface area contributed by atoms with Crippen molar-refractivity contribution in [3.05, 3.63) is 24.2 Å². The zero-order valence-corrected chi connectivity index (χ0v) is 9.72. The van der Waals surface area contributed by atoms with Gasteiger partial charge in [-0.3, -0.25) is 14.5 Å². The number of carbonyl (C=O) groups excluding carboxylic acids is 2. The van der Waals surface area contributed by atoms with Crippen molar-refractivity contribution >= 4 is 11.8 Å². The number of hydrogen-bond donors (Lipinski definition) is 0. The molecule has 1 aromatic heterocycles. The second-order valence-electron chi connectivity index (χ2n) is 4.11. The van der Waals surface area contributed by atoms with E-state index < -0.39 is 11.9 Å². The van der Waals surface area contributed by atoms with Crippen LogP contribution in [0.4, 0.5) is 0 Å². The van der Waals surface area contributed by atoms with Crippen LogP contribution in [0.1, 0.15) is 12.2 Å². The fourth-order valence-electron chi connectivity index (χ4n) is 2.01. The highest BCUT2D eigenvalue weighted by molar-refractivity contribution is 5.99. The maximum atomic E-state index is 11.6. The van der Waals surface area contributed by atoms with Crippen LogP contribution in [0.15, 0.2) is 22.8 Å². The first-order chi connectivity index (χ1) is 8.20. The first-order valence-electron chi connectivity index (χ1n) is 5.56. The quantitative estimate of drug-likeness (QED) is 0.576. The van der Waals surface area contributed by atoms with Crippen LogP contribution in [-0.4, -0.2) is 36.9 Å². The monoisotopic (exact) mass is 237 g/mol. The predicted octanol–water partition coefficient (Wildman–Crippen LogP) is 0.844. The molecule has 5 heteroatoms. The molecule has 2 rings (SSSR count). The van der Waals surface area contributed by atoms with Gasteiger partial charge in [0, 0.05) is 19.5 Å². The molecule has 1 fully saturated rings. The average Bonchev–Trinajstić information content (AvgIpc) is 2.83. The lowest BCUT2D eigenvalue weighted by Gasteiger charge is -2.29. The topological polar surface area (TPSA) is 59.8 Å². The summed E-state index contributed by atoms with van der Waals surface area (Å²) in [5.74, 6) is -0.293. The van der Waals surface area contributed by atoms with E-state index >= 15 is 0 Å². The Hall–Kier alpha value is -1.62. The summed E-state index contributed by atoms with van der Waals surface area (Å²) in [6.07, 6.45) is 2.00. The van der Waals surface area contributed by atoms with Crippen molar-refractivity contribution in [1.82, 2.24) is 4.90 Å². The van der Waals surface area contributed by atoms with E-state index in [-0.39, 0.29) is 5.78 Å². The molecule has 0 radical (unpaired) electrons. The van der Waals surface area contributed by atoms with Gasteiger partial charge in [0.15, 0.2) is 0 Å². The highest BCUT2D eigenvalue weighted by Gasteiger charge is 2.33. The Morgan fingerprint density at radius 1 is 1.65 bits per heavy atom. The zero-order valence-electron chi connectivity index (χ0n) is 9.72. The number of esters is 1. The highest BCUT2D eigenvalue weighted by atomic mass is 16.5. The summed E-state index contributed by atoms with van der Waals surface area (Å²) in [4.78, 5) is 25.1. The highest BCUT2D eigenvalue weighted by Crippen LogP contribution is 2.17. The zero-order chi connectivity index (χ0) is 12.3. The van der Waals surface area contributed by atoms with Crippen LogP contribution in [0.25, 0.3) is 0 Å². The molecule has 1 saturated heterocycles. The van der Waals surface area contributed by atoms with Crippen molar-refractivity contribution in [2.24, 2.45) is 5.92 Å². The number of piperidine rings is 1. The number of ketones is 1. The third-order valence-electron chi connectivity index (χ3n) is 2.95. The molecule has 0 saturated carbocycles. The van der Waals surface area contributed by atoms with E-state index in [0.29, 0.717) is 26.1 Å². The smallest absolute Gasteiger partial charge is 0.317 e. The lowest BCUT2D eigenvalue weighted by molar-refractivity contribution is -0.152. The summed E-state index contributed by atoms with van der Waals surface area (Å²) >= 11 is 0. The predicted molar refractivity (Wildman–Crippen MR) is 59.1 cm³/mol. The Morgan fingerprint density at radius 3 is 3.12 bits per heavy atom. The lowest BCUT2D eigenvalue weighted by Crippen LogP contribution is -2.44. The van der Waals surface area contributed by atoms with Gasteiger partial charge in [-0.25, -0.2) is 0 Å². The number of carbonyl (C=O) groups is 2. The van der Waals surface area contributed by atoms with Gasteiger partial charge in [0.2, 0.25) is 0 Å². The number of likely N-dealkylation sites (tertiary alicyclic amines) is 1. The lowest BCUT2D eigenvalue weighted by atomic mass is 9.96. The fourth-order valence-corrected chi connectivity index (χ4v) is 2.01. The van der Waals surface area contributed by atoms with Gasteiger partial charge in [0.1, 0.15) is 17.5 Å². The van der Waals surface area contributed by atoms with Gasteiger partial charge in [-0.1, -0.05) is 0 Å². The molecule has 0 aromatic carbocycles. The van der Waals surface area contributed by atoms with Crippen LogP contribution in [0.2, 0.25) is 0 Å². The number of methoxy groups -OCH3 is 1. The summed E-state index contributed by atoms with van der Waals surface area (Å²) in [5, 5.41) is 0. The second-order valence-corrected chi connectivity index (χ2v) is 4.11. The molecular weight excluding hydrogens is 222 g/mol. The minimum Gasteiger partial charge on any atom is -0.468 e. The van der Waals surface area contributed by atoms with Crippen molar-refractivity contribution in [1.29, 1.82) is 0 Å². The van der Waals surface area contributed by atoms with E-state index in [1.165, 1.54) is 7.11 Å². The minimum atomic E-state index is -0.649. The van der Waals surface area contributed by atoms with Crippen molar-refractivity contribution < 1.29 is 18.7 Å². The van der Waals surface area contributed by atoms with E-state index in [1.807, 2.05) is 17.0 Å². The van der Waals surface area contributed by atoms with Crippen LogP contribution < -0.4 is 0 Å². The molecule has 2 heterocycles. The SMILES string of the molecule is COC(=O)[C@@H]1CN(Cc2ccco2)CCC1=O. The van der Waals surface area contributed by atoms with E-state index in [9.17, 15) is 9.59 Å². The fraction of sp³-hybridized carbons (Fsp3) is 0.500. The Bertz CT molecular complexity index is 391. The maximum absolute atomic E-state index is 11.6. The molecule has 0 N–H and O–H groups in total. The van der Waals surface area contributed by atoms with Crippen molar-refractivity contribution in [2.75, 3.05) is 20.2 Å². The first kappa shape index (κ1) is 11.9. The van der Waals surface area contributed by atoms with Crippen molar-refractivity contribution in [3.63, 3.8) is 0 Å². The van der Waals surface area contributed by atoms with E-state index in [1.54, 1.807) is 6.26 Å². The van der Waals surface area contributed by atoms with Crippen molar-refractivity contribution in [2.45, 2.75) is 13.0 Å². The molecule has 0 amide bonds. The average molecular weight is 237 g/mol.